The maximum absolute atomic E-state index is 12.0. The molecule has 0 aliphatic carbocycles. The van der Waals surface area contributed by atoms with Crippen molar-refractivity contribution in [2.45, 2.75) is 11.9 Å². The minimum absolute atomic E-state index is 0.562. The van der Waals surface area contributed by atoms with Gasteiger partial charge in [-0.15, -0.1) is 0 Å². The molecular weight excluding hydrogens is 283 g/mol. The molecule has 18 heavy (non-hydrogen) atoms. The molecule has 1 heterocycles. The summed E-state index contributed by atoms with van der Waals surface area (Å²) in [6, 6.07) is 0. The van der Waals surface area contributed by atoms with Gasteiger partial charge in [0.15, 0.2) is 0 Å². The zero-order valence-electron chi connectivity index (χ0n) is 8.68. The molecule has 0 aromatic rings. The lowest BCUT2D eigenvalue weighted by Crippen LogP contribution is -2.62. The van der Waals surface area contributed by atoms with Gasteiger partial charge in [-0.05, 0) is 0 Å². The molecular formula is C6H6F3N3O5S. The zero-order chi connectivity index (χ0) is 14.4. The van der Waals surface area contributed by atoms with Crippen molar-refractivity contribution in [2.75, 3.05) is 7.05 Å². The Kier molecular flexibility index (Phi) is 3.23. The number of hydroxylamine groups is 3. The number of halogens is 3. The predicted octanol–water partition coefficient (Wildman–Crippen LogP) is -0.817. The molecule has 1 aliphatic heterocycles. The van der Waals surface area contributed by atoms with Gasteiger partial charge in [-0.1, -0.05) is 4.40 Å². The predicted molar refractivity (Wildman–Crippen MR) is 49.7 cm³/mol. The second-order valence-electron chi connectivity index (χ2n) is 3.38. The topological polar surface area (TPSA) is 116 Å². The molecule has 1 aliphatic rings. The van der Waals surface area contributed by atoms with Gasteiger partial charge in [0.05, 0.1) is 7.05 Å². The van der Waals surface area contributed by atoms with Crippen molar-refractivity contribution in [3.05, 3.63) is 5.21 Å². The first-order valence-electron chi connectivity index (χ1n) is 4.20. The van der Waals surface area contributed by atoms with E-state index in [-0.39, 0.29) is 0 Å². The van der Waals surface area contributed by atoms with Crippen LogP contribution in [0.3, 0.4) is 0 Å². The van der Waals surface area contributed by atoms with Gasteiger partial charge in [0.2, 0.25) is 5.91 Å². The third kappa shape index (κ3) is 2.49. The van der Waals surface area contributed by atoms with Gasteiger partial charge in [-0.2, -0.15) is 21.6 Å². The average Bonchev–Trinajstić information content (AvgIpc) is 2.12. The molecule has 1 saturated heterocycles. The van der Waals surface area contributed by atoms with Crippen LogP contribution in [0.15, 0.2) is 4.40 Å². The van der Waals surface area contributed by atoms with Crippen LogP contribution in [0.4, 0.5) is 13.2 Å². The molecule has 1 N–H and O–H groups in total. The van der Waals surface area contributed by atoms with E-state index >= 15 is 0 Å². The number of sulfonamides is 1. The molecule has 0 radical (unpaired) electrons. The van der Waals surface area contributed by atoms with Gasteiger partial charge >= 0.3 is 27.4 Å². The van der Waals surface area contributed by atoms with Gasteiger partial charge < -0.3 is 5.21 Å². The molecule has 0 saturated carbocycles. The lowest BCUT2D eigenvalue weighted by Gasteiger charge is -2.37. The summed E-state index contributed by atoms with van der Waals surface area (Å²) >= 11 is 0. The molecule has 12 heteroatoms. The first-order chi connectivity index (χ1) is 7.88. The Balaban J connectivity index is 3.31. The van der Waals surface area contributed by atoms with E-state index in [0.717, 1.165) is 0 Å². The molecule has 8 nitrogen and oxygen atoms in total. The summed E-state index contributed by atoms with van der Waals surface area (Å²) in [6.07, 6.45) is -0.870. The molecule has 1 rings (SSSR count). The van der Waals surface area contributed by atoms with Crippen LogP contribution in [-0.2, 0) is 19.6 Å². The Bertz CT molecular complexity index is 535. The molecule has 0 spiro atoms. The third-order valence-electron chi connectivity index (χ3n) is 1.94. The molecule has 1 atom stereocenters. The van der Waals surface area contributed by atoms with E-state index in [4.69, 9.17) is 0 Å². The number of hydrogen-bond acceptors (Lipinski definition) is 5. The highest BCUT2D eigenvalue weighted by Crippen LogP contribution is 2.25. The molecule has 2 amide bonds. The van der Waals surface area contributed by atoms with E-state index in [1.165, 1.54) is 5.32 Å². The van der Waals surface area contributed by atoms with E-state index in [9.17, 15) is 36.4 Å². The molecule has 1 unspecified atom stereocenters. The summed E-state index contributed by atoms with van der Waals surface area (Å²) in [6.45, 7) is 0. The number of nitrogens with zero attached hydrogens (tertiary/aromatic N) is 2. The first kappa shape index (κ1) is 14.5. The van der Waals surface area contributed by atoms with Gasteiger partial charge in [0.25, 0.3) is 0 Å². The summed E-state index contributed by atoms with van der Waals surface area (Å²) in [5, 5.41) is 13.1. The van der Waals surface area contributed by atoms with Crippen LogP contribution in [-0.4, -0.2) is 43.4 Å². The summed E-state index contributed by atoms with van der Waals surface area (Å²) < 4.78 is 57.5. The quantitative estimate of drug-likeness (QED) is 0.385. The second kappa shape index (κ2) is 4.00. The highest BCUT2D eigenvalue weighted by Gasteiger charge is 2.49. The minimum atomic E-state index is -6.01. The zero-order valence-corrected chi connectivity index (χ0v) is 9.50. The summed E-state index contributed by atoms with van der Waals surface area (Å²) in [4.78, 5) is 22.0. The Hall–Kier alpha value is -1.53. The van der Waals surface area contributed by atoms with E-state index < -0.39 is 44.4 Å². The van der Waals surface area contributed by atoms with Crippen LogP contribution < -0.4 is 5.32 Å². The van der Waals surface area contributed by atoms with Crippen LogP contribution in [0, 0.1) is 5.21 Å². The van der Waals surface area contributed by atoms with E-state index in [2.05, 4.69) is 4.40 Å². The standard InChI is InChI=1S/C6H6F3N3O5S/c1-12(15)4(14)2-3(13)10-5(12)11-18(16,17)6(7,8)9/h2H2,1H3,(H,10,11,13). The van der Waals surface area contributed by atoms with Crippen molar-refractivity contribution in [2.24, 2.45) is 4.40 Å². The SMILES string of the molecule is C[N+]1([O-])C(=O)CC(=O)NC1=NS(=O)(=O)C(F)(F)F. The lowest BCUT2D eigenvalue weighted by molar-refractivity contribution is -0.688. The van der Waals surface area contributed by atoms with Gasteiger partial charge in [0.1, 0.15) is 6.42 Å². The van der Waals surface area contributed by atoms with Crippen LogP contribution in [0.5, 0.6) is 0 Å². The Morgan fingerprint density at radius 1 is 1.39 bits per heavy atom. The highest BCUT2D eigenvalue weighted by atomic mass is 32.2. The number of carbonyl (C=O) groups excluding carboxylic acids is 2. The van der Waals surface area contributed by atoms with Gasteiger partial charge in [0, 0.05) is 0 Å². The fraction of sp³-hybridized carbons (Fsp3) is 0.500. The van der Waals surface area contributed by atoms with Crippen LogP contribution in [0.1, 0.15) is 6.42 Å². The normalized spacial score (nSPS) is 28.4. The number of rotatable bonds is 1. The van der Waals surface area contributed by atoms with Gasteiger partial charge in [-0.3, -0.25) is 10.1 Å². The van der Waals surface area contributed by atoms with Crippen molar-refractivity contribution in [3.63, 3.8) is 0 Å². The Morgan fingerprint density at radius 2 is 1.89 bits per heavy atom. The number of hydrogen-bond donors (Lipinski definition) is 1. The molecule has 1 fully saturated rings. The van der Waals surface area contributed by atoms with Crippen LogP contribution >= 0.6 is 0 Å². The summed E-state index contributed by atoms with van der Waals surface area (Å²) in [5.41, 5.74) is -5.73. The van der Waals surface area contributed by atoms with E-state index in [0.29, 0.717) is 7.05 Å². The smallest absolute Gasteiger partial charge is 0.518 e. The summed E-state index contributed by atoms with van der Waals surface area (Å²) in [5.74, 6) is -3.87. The number of guanidine groups is 1. The minimum Gasteiger partial charge on any atom is -0.618 e. The van der Waals surface area contributed by atoms with Crippen molar-refractivity contribution in [1.29, 1.82) is 0 Å². The van der Waals surface area contributed by atoms with Crippen LogP contribution in [0.25, 0.3) is 0 Å². The molecule has 0 aromatic heterocycles. The van der Waals surface area contributed by atoms with Crippen molar-refractivity contribution in [1.82, 2.24) is 5.32 Å². The maximum Gasteiger partial charge on any atom is 0.518 e. The molecule has 102 valence electrons. The third-order valence-corrected chi connectivity index (χ3v) is 2.94. The Labute approximate surface area is 98.3 Å². The van der Waals surface area contributed by atoms with Crippen molar-refractivity contribution in [3.8, 4) is 0 Å². The fourth-order valence-electron chi connectivity index (χ4n) is 0.948. The first-order valence-corrected chi connectivity index (χ1v) is 5.64. The van der Waals surface area contributed by atoms with Crippen LogP contribution in [0.2, 0.25) is 0 Å². The molecule has 0 bridgehead atoms. The lowest BCUT2D eigenvalue weighted by atomic mass is 10.3. The van der Waals surface area contributed by atoms with E-state index in [1.54, 1.807) is 0 Å². The Morgan fingerprint density at radius 3 is 2.33 bits per heavy atom. The largest absolute Gasteiger partial charge is 0.618 e. The monoisotopic (exact) mass is 289 g/mol. The van der Waals surface area contributed by atoms with Crippen molar-refractivity contribution >= 4 is 27.8 Å². The highest BCUT2D eigenvalue weighted by molar-refractivity contribution is 7.91. The number of alkyl halides is 3. The summed E-state index contributed by atoms with van der Waals surface area (Å²) in [7, 11) is -5.45. The number of amides is 2. The van der Waals surface area contributed by atoms with E-state index in [1.807, 2.05) is 0 Å². The van der Waals surface area contributed by atoms with Gasteiger partial charge in [-0.25, -0.2) is 9.44 Å². The number of carbonyl (C=O) groups is 2. The molecule has 0 aromatic carbocycles. The average molecular weight is 289 g/mol. The van der Waals surface area contributed by atoms with Crippen molar-refractivity contribution < 1.29 is 35.8 Å². The second-order valence-corrected chi connectivity index (χ2v) is 4.97. The maximum atomic E-state index is 12.0. The fourth-order valence-corrected chi connectivity index (χ4v) is 1.48. The number of nitrogens with one attached hydrogen (secondary N) is 1. The number of quaternary nitrogens is 1.